The van der Waals surface area contributed by atoms with Gasteiger partial charge in [0.25, 0.3) is 0 Å². The molecule has 0 saturated carbocycles. The highest BCUT2D eigenvalue weighted by Gasteiger charge is 2.23. The molecule has 2 atom stereocenters. The number of carbonyl (C=O) groups is 1. The number of hydrogen-bond donors (Lipinski definition) is 2. The van der Waals surface area contributed by atoms with E-state index in [2.05, 4.69) is 10.2 Å². The summed E-state index contributed by atoms with van der Waals surface area (Å²) in [6.45, 7) is 4.92. The number of rotatable bonds is 5. The molecule has 1 aromatic carbocycles. The fourth-order valence-electron chi connectivity index (χ4n) is 2.29. The van der Waals surface area contributed by atoms with Gasteiger partial charge in [-0.15, -0.1) is 0 Å². The molecule has 0 bridgehead atoms. The fraction of sp³-hybridized carbons (Fsp3) is 0.533. The van der Waals surface area contributed by atoms with E-state index >= 15 is 0 Å². The van der Waals surface area contributed by atoms with Crippen LogP contribution in [0.4, 0.5) is 5.69 Å². The lowest BCUT2D eigenvalue weighted by molar-refractivity contribution is -0.117. The zero-order valence-electron chi connectivity index (χ0n) is 12.2. The Balaban J connectivity index is 1.77. The predicted molar refractivity (Wildman–Crippen MR) is 84.5 cm³/mol. The second kappa shape index (κ2) is 7.75. The third-order valence-electron chi connectivity index (χ3n) is 3.57. The summed E-state index contributed by atoms with van der Waals surface area (Å²) in [5, 5.41) is 3.38. The van der Waals surface area contributed by atoms with E-state index in [4.69, 9.17) is 22.1 Å². The Morgan fingerprint density at radius 3 is 3.05 bits per heavy atom. The Hall–Kier alpha value is -1.14. The number of benzene rings is 1. The summed E-state index contributed by atoms with van der Waals surface area (Å²) in [4.78, 5) is 14.2. The van der Waals surface area contributed by atoms with E-state index in [-0.39, 0.29) is 18.1 Å². The number of amides is 1. The van der Waals surface area contributed by atoms with E-state index in [9.17, 15) is 4.79 Å². The summed E-state index contributed by atoms with van der Waals surface area (Å²) in [6, 6.07) is 7.23. The molecule has 1 saturated heterocycles. The molecular formula is C15H22ClN3O2. The van der Waals surface area contributed by atoms with Crippen LogP contribution in [0.15, 0.2) is 24.3 Å². The number of nitrogens with two attached hydrogens (primary N) is 1. The first-order valence-corrected chi connectivity index (χ1v) is 7.58. The summed E-state index contributed by atoms with van der Waals surface area (Å²) in [5.74, 6) is -0.0352. The van der Waals surface area contributed by atoms with Crippen LogP contribution < -0.4 is 11.1 Å². The molecule has 1 aromatic rings. The van der Waals surface area contributed by atoms with Crippen LogP contribution in [0.5, 0.6) is 0 Å². The van der Waals surface area contributed by atoms with Gasteiger partial charge in [-0.2, -0.15) is 0 Å². The number of nitrogens with one attached hydrogen (secondary N) is 1. The van der Waals surface area contributed by atoms with Crippen LogP contribution in [0.3, 0.4) is 0 Å². The van der Waals surface area contributed by atoms with Crippen molar-refractivity contribution in [2.75, 3.05) is 31.6 Å². The van der Waals surface area contributed by atoms with E-state index in [1.807, 2.05) is 19.1 Å². The zero-order valence-corrected chi connectivity index (χ0v) is 13.0. The number of ether oxygens (including phenoxy) is 1. The minimum atomic E-state index is -0.0352. The molecule has 0 aliphatic carbocycles. The molecule has 0 aromatic heterocycles. The molecule has 3 N–H and O–H groups in total. The lowest BCUT2D eigenvalue weighted by Gasteiger charge is -2.34. The highest BCUT2D eigenvalue weighted by molar-refractivity contribution is 6.33. The van der Waals surface area contributed by atoms with E-state index in [0.29, 0.717) is 30.3 Å². The van der Waals surface area contributed by atoms with Gasteiger partial charge in [0, 0.05) is 32.1 Å². The van der Waals surface area contributed by atoms with E-state index in [1.54, 1.807) is 12.1 Å². The number of halogens is 1. The molecule has 2 rings (SSSR count). The van der Waals surface area contributed by atoms with Crippen LogP contribution in [-0.2, 0) is 9.53 Å². The lowest BCUT2D eigenvalue weighted by Crippen LogP contribution is -2.50. The summed E-state index contributed by atoms with van der Waals surface area (Å²) >= 11 is 6.02. The highest BCUT2D eigenvalue weighted by Crippen LogP contribution is 2.20. The molecule has 2 unspecified atom stereocenters. The number of nitrogens with zero attached hydrogens (tertiary/aromatic N) is 1. The van der Waals surface area contributed by atoms with Crippen LogP contribution in [0.1, 0.15) is 13.3 Å². The van der Waals surface area contributed by atoms with Crippen molar-refractivity contribution in [1.29, 1.82) is 0 Å². The topological polar surface area (TPSA) is 67.6 Å². The third kappa shape index (κ3) is 4.97. The van der Waals surface area contributed by atoms with Gasteiger partial charge in [0.15, 0.2) is 0 Å². The van der Waals surface area contributed by atoms with Gasteiger partial charge in [-0.1, -0.05) is 23.7 Å². The second-order valence-electron chi connectivity index (χ2n) is 5.35. The Labute approximate surface area is 130 Å². The summed E-state index contributed by atoms with van der Waals surface area (Å²) in [7, 11) is 0. The first-order valence-electron chi connectivity index (χ1n) is 7.20. The summed E-state index contributed by atoms with van der Waals surface area (Å²) in [5.41, 5.74) is 6.51. The SMILES string of the molecule is CC(N)C1CN(CCC(=O)Nc2ccccc2Cl)CCO1. The van der Waals surface area contributed by atoms with Crippen LogP contribution in [0.2, 0.25) is 5.02 Å². The Kier molecular flexibility index (Phi) is 5.99. The molecule has 0 radical (unpaired) electrons. The highest BCUT2D eigenvalue weighted by atomic mass is 35.5. The first-order chi connectivity index (χ1) is 10.1. The second-order valence-corrected chi connectivity index (χ2v) is 5.75. The van der Waals surface area contributed by atoms with E-state index in [0.717, 1.165) is 13.1 Å². The summed E-state index contributed by atoms with van der Waals surface area (Å²) < 4.78 is 5.60. The number of anilines is 1. The molecule has 0 spiro atoms. The monoisotopic (exact) mass is 311 g/mol. The average molecular weight is 312 g/mol. The molecule has 1 aliphatic heterocycles. The molecule has 1 fully saturated rings. The number of hydrogen-bond acceptors (Lipinski definition) is 4. The minimum absolute atomic E-state index is 0.00440. The molecule has 1 amide bonds. The van der Waals surface area contributed by atoms with Gasteiger partial charge in [-0.25, -0.2) is 0 Å². The third-order valence-corrected chi connectivity index (χ3v) is 3.90. The molecule has 21 heavy (non-hydrogen) atoms. The van der Waals surface area contributed by atoms with E-state index < -0.39 is 0 Å². The molecule has 5 nitrogen and oxygen atoms in total. The number of carbonyl (C=O) groups excluding carboxylic acids is 1. The standard InChI is InChI=1S/C15H22ClN3O2/c1-11(17)14-10-19(8-9-21-14)7-6-15(20)18-13-5-3-2-4-12(13)16/h2-5,11,14H,6-10,17H2,1H3,(H,18,20). The van der Waals surface area contributed by atoms with Crippen molar-refractivity contribution in [3.05, 3.63) is 29.3 Å². The van der Waals surface area contributed by atoms with Crippen molar-refractivity contribution in [2.24, 2.45) is 5.73 Å². The number of para-hydroxylation sites is 1. The van der Waals surface area contributed by atoms with Gasteiger partial charge < -0.3 is 15.8 Å². The van der Waals surface area contributed by atoms with Gasteiger partial charge >= 0.3 is 0 Å². The van der Waals surface area contributed by atoms with Crippen LogP contribution >= 0.6 is 11.6 Å². The smallest absolute Gasteiger partial charge is 0.225 e. The zero-order chi connectivity index (χ0) is 15.2. The molecule has 6 heteroatoms. The van der Waals surface area contributed by atoms with Crippen LogP contribution in [0.25, 0.3) is 0 Å². The van der Waals surface area contributed by atoms with Gasteiger partial charge in [0.05, 0.1) is 23.4 Å². The predicted octanol–water partition coefficient (Wildman–Crippen LogP) is 1.72. The molecule has 1 heterocycles. The largest absolute Gasteiger partial charge is 0.374 e. The normalized spacial score (nSPS) is 21.0. The minimum Gasteiger partial charge on any atom is -0.374 e. The van der Waals surface area contributed by atoms with Crippen molar-refractivity contribution in [3.63, 3.8) is 0 Å². The fourth-order valence-corrected chi connectivity index (χ4v) is 2.47. The maximum atomic E-state index is 12.0. The molecular weight excluding hydrogens is 290 g/mol. The van der Waals surface area contributed by atoms with E-state index in [1.165, 1.54) is 0 Å². The van der Waals surface area contributed by atoms with Crippen molar-refractivity contribution < 1.29 is 9.53 Å². The van der Waals surface area contributed by atoms with Crippen LogP contribution in [0, 0.1) is 0 Å². The van der Waals surface area contributed by atoms with Crippen molar-refractivity contribution in [3.8, 4) is 0 Å². The molecule has 1 aliphatic rings. The van der Waals surface area contributed by atoms with Gasteiger partial charge in [-0.3, -0.25) is 9.69 Å². The summed E-state index contributed by atoms with van der Waals surface area (Å²) in [6.07, 6.45) is 0.474. The maximum Gasteiger partial charge on any atom is 0.225 e. The van der Waals surface area contributed by atoms with Gasteiger partial charge in [-0.05, 0) is 19.1 Å². The van der Waals surface area contributed by atoms with Crippen molar-refractivity contribution >= 4 is 23.2 Å². The average Bonchev–Trinajstić information content (AvgIpc) is 2.48. The quantitative estimate of drug-likeness (QED) is 0.869. The van der Waals surface area contributed by atoms with Crippen molar-refractivity contribution in [1.82, 2.24) is 4.90 Å². The first kappa shape index (κ1) is 16.2. The Bertz CT molecular complexity index is 482. The van der Waals surface area contributed by atoms with Crippen molar-refractivity contribution in [2.45, 2.75) is 25.5 Å². The number of morpholine rings is 1. The maximum absolute atomic E-state index is 12.0. The Morgan fingerprint density at radius 1 is 1.57 bits per heavy atom. The lowest BCUT2D eigenvalue weighted by atomic mass is 10.1. The Morgan fingerprint density at radius 2 is 2.33 bits per heavy atom. The van der Waals surface area contributed by atoms with Gasteiger partial charge in [0.1, 0.15) is 0 Å². The van der Waals surface area contributed by atoms with Gasteiger partial charge in [0.2, 0.25) is 5.91 Å². The van der Waals surface area contributed by atoms with Crippen LogP contribution in [-0.4, -0.2) is 49.2 Å². The molecule has 116 valence electrons.